The first-order valence-corrected chi connectivity index (χ1v) is 7.51. The molecule has 6 nitrogen and oxygen atoms in total. The average Bonchev–Trinajstić information content (AvgIpc) is 3.32. The van der Waals surface area contributed by atoms with E-state index in [4.69, 9.17) is 4.74 Å². The van der Waals surface area contributed by atoms with Gasteiger partial charge in [-0.15, -0.1) is 0 Å². The summed E-state index contributed by atoms with van der Waals surface area (Å²) in [7, 11) is 1.85. The number of morpholine rings is 1. The maximum atomic E-state index is 12.3. The summed E-state index contributed by atoms with van der Waals surface area (Å²) in [5.74, 6) is 0.944. The summed E-state index contributed by atoms with van der Waals surface area (Å²) in [6.45, 7) is 2.67. The van der Waals surface area contributed by atoms with Crippen LogP contribution < -0.4 is 10.6 Å². The van der Waals surface area contributed by atoms with Gasteiger partial charge < -0.3 is 15.4 Å². The smallest absolute Gasteiger partial charge is 0.239 e. The van der Waals surface area contributed by atoms with Crippen molar-refractivity contribution in [2.45, 2.75) is 31.5 Å². The predicted octanol–water partition coefficient (Wildman–Crippen LogP) is 0.603. The van der Waals surface area contributed by atoms with Gasteiger partial charge in [0.2, 0.25) is 5.91 Å². The Labute approximate surface area is 124 Å². The van der Waals surface area contributed by atoms with Crippen LogP contribution >= 0.6 is 0 Å². The Morgan fingerprint density at radius 1 is 1.52 bits per heavy atom. The van der Waals surface area contributed by atoms with Crippen molar-refractivity contribution in [3.05, 3.63) is 23.9 Å². The van der Waals surface area contributed by atoms with Crippen molar-refractivity contribution in [1.29, 1.82) is 0 Å². The molecule has 1 unspecified atom stereocenters. The van der Waals surface area contributed by atoms with Gasteiger partial charge in [-0.05, 0) is 30.5 Å². The molecule has 1 atom stereocenters. The molecule has 1 aliphatic carbocycles. The first kappa shape index (κ1) is 14.3. The quantitative estimate of drug-likeness (QED) is 0.831. The van der Waals surface area contributed by atoms with E-state index in [0.29, 0.717) is 19.3 Å². The average molecular weight is 290 g/mol. The molecule has 6 heteroatoms. The number of hydrogen-bond acceptors (Lipinski definition) is 5. The molecule has 1 amide bonds. The largest absolute Gasteiger partial charge is 0.378 e. The van der Waals surface area contributed by atoms with Crippen LogP contribution in [0.1, 0.15) is 18.4 Å². The molecule has 2 fully saturated rings. The topological polar surface area (TPSA) is 66.5 Å². The monoisotopic (exact) mass is 290 g/mol. The lowest BCUT2D eigenvalue weighted by molar-refractivity contribution is -0.133. The maximum absolute atomic E-state index is 12.3. The highest BCUT2D eigenvalue weighted by molar-refractivity contribution is 5.82. The van der Waals surface area contributed by atoms with Crippen LogP contribution in [0.5, 0.6) is 0 Å². The highest BCUT2D eigenvalue weighted by atomic mass is 16.5. The number of amides is 1. The van der Waals surface area contributed by atoms with Gasteiger partial charge >= 0.3 is 0 Å². The molecule has 1 aromatic rings. The normalized spacial score (nSPS) is 22.8. The van der Waals surface area contributed by atoms with E-state index < -0.39 is 0 Å². The van der Waals surface area contributed by atoms with E-state index in [-0.39, 0.29) is 11.9 Å². The Morgan fingerprint density at radius 2 is 2.38 bits per heavy atom. The summed E-state index contributed by atoms with van der Waals surface area (Å²) >= 11 is 0. The first-order valence-electron chi connectivity index (χ1n) is 7.51. The molecule has 21 heavy (non-hydrogen) atoms. The van der Waals surface area contributed by atoms with E-state index in [1.807, 2.05) is 19.2 Å². The van der Waals surface area contributed by atoms with Gasteiger partial charge in [0.15, 0.2) is 0 Å². The summed E-state index contributed by atoms with van der Waals surface area (Å²) in [5.41, 5.74) is 1.15. The molecule has 0 spiro atoms. The van der Waals surface area contributed by atoms with Crippen LogP contribution in [0.25, 0.3) is 0 Å². The number of carbonyl (C=O) groups excluding carboxylic acids is 1. The van der Waals surface area contributed by atoms with Gasteiger partial charge in [0.05, 0.1) is 13.2 Å². The minimum absolute atomic E-state index is 0.0973. The van der Waals surface area contributed by atoms with Gasteiger partial charge in [0.1, 0.15) is 11.9 Å². The van der Waals surface area contributed by atoms with Crippen molar-refractivity contribution in [2.24, 2.45) is 0 Å². The fraction of sp³-hybridized carbons (Fsp3) is 0.600. The van der Waals surface area contributed by atoms with Crippen molar-refractivity contribution >= 4 is 11.7 Å². The lowest BCUT2D eigenvalue weighted by atomic mass is 10.1. The molecule has 3 rings (SSSR count). The van der Waals surface area contributed by atoms with Gasteiger partial charge in [-0.25, -0.2) is 4.98 Å². The molecular formula is C15H22N4O2. The van der Waals surface area contributed by atoms with E-state index in [9.17, 15) is 4.79 Å². The van der Waals surface area contributed by atoms with Crippen molar-refractivity contribution in [3.8, 4) is 0 Å². The molecule has 0 aromatic carbocycles. The van der Waals surface area contributed by atoms with E-state index in [2.05, 4.69) is 20.5 Å². The Kier molecular flexibility index (Phi) is 4.36. The maximum Gasteiger partial charge on any atom is 0.239 e. The minimum atomic E-state index is -0.189. The van der Waals surface area contributed by atoms with Crippen molar-refractivity contribution in [2.75, 3.05) is 32.1 Å². The summed E-state index contributed by atoms with van der Waals surface area (Å²) in [6.07, 6.45) is 4.01. The molecule has 2 aliphatic rings. The lowest BCUT2D eigenvalue weighted by Crippen LogP contribution is -2.53. The van der Waals surface area contributed by atoms with Crippen LogP contribution in [0.2, 0.25) is 0 Å². The third-order valence-corrected chi connectivity index (χ3v) is 3.93. The summed E-state index contributed by atoms with van der Waals surface area (Å²) in [4.78, 5) is 18.7. The van der Waals surface area contributed by atoms with Crippen LogP contribution in [0.4, 0.5) is 5.82 Å². The molecule has 0 radical (unpaired) electrons. The number of ether oxygens (including phenoxy) is 1. The fourth-order valence-electron chi connectivity index (χ4n) is 2.54. The summed E-state index contributed by atoms with van der Waals surface area (Å²) in [5, 5.41) is 6.12. The van der Waals surface area contributed by atoms with Gasteiger partial charge in [-0.2, -0.15) is 0 Å². The number of nitrogens with zero attached hydrogens (tertiary/aromatic N) is 2. The standard InChI is InChI=1S/C15H22N4O2/c1-16-14-8-11(4-5-17-14)9-19-6-7-21-10-13(19)15(20)18-12-2-3-12/h4-5,8,12-13H,2-3,6-7,9-10H2,1H3,(H,16,17)(H,18,20). The fourth-order valence-corrected chi connectivity index (χ4v) is 2.54. The van der Waals surface area contributed by atoms with E-state index >= 15 is 0 Å². The number of rotatable bonds is 5. The third-order valence-electron chi connectivity index (χ3n) is 3.93. The Bertz CT molecular complexity index is 504. The third kappa shape index (κ3) is 3.71. The van der Waals surface area contributed by atoms with Crippen LogP contribution in [-0.2, 0) is 16.1 Å². The summed E-state index contributed by atoms with van der Waals surface area (Å²) < 4.78 is 5.49. The molecule has 1 saturated heterocycles. The van der Waals surface area contributed by atoms with E-state index in [1.165, 1.54) is 0 Å². The lowest BCUT2D eigenvalue weighted by Gasteiger charge is -2.34. The number of aromatic nitrogens is 1. The second-order valence-corrected chi connectivity index (χ2v) is 5.64. The zero-order valence-corrected chi connectivity index (χ0v) is 12.3. The molecule has 2 heterocycles. The van der Waals surface area contributed by atoms with Gasteiger partial charge in [-0.3, -0.25) is 9.69 Å². The van der Waals surface area contributed by atoms with Gasteiger partial charge in [0, 0.05) is 32.4 Å². The first-order chi connectivity index (χ1) is 10.3. The van der Waals surface area contributed by atoms with Crippen LogP contribution in [-0.4, -0.2) is 54.7 Å². The van der Waals surface area contributed by atoms with Crippen molar-refractivity contribution < 1.29 is 9.53 Å². The molecule has 0 bridgehead atoms. The number of pyridine rings is 1. The zero-order chi connectivity index (χ0) is 14.7. The number of carbonyl (C=O) groups is 1. The molecular weight excluding hydrogens is 268 g/mol. The minimum Gasteiger partial charge on any atom is -0.378 e. The number of hydrogen-bond donors (Lipinski definition) is 2. The van der Waals surface area contributed by atoms with Crippen molar-refractivity contribution in [3.63, 3.8) is 0 Å². The molecule has 1 saturated carbocycles. The Balaban J connectivity index is 1.66. The second-order valence-electron chi connectivity index (χ2n) is 5.64. The second kappa shape index (κ2) is 6.41. The highest BCUT2D eigenvalue weighted by Gasteiger charge is 2.33. The number of anilines is 1. The van der Waals surface area contributed by atoms with Crippen LogP contribution in [0, 0.1) is 0 Å². The Morgan fingerprint density at radius 3 is 3.14 bits per heavy atom. The molecule has 1 aromatic heterocycles. The highest BCUT2D eigenvalue weighted by Crippen LogP contribution is 2.20. The molecule has 114 valence electrons. The predicted molar refractivity (Wildman–Crippen MR) is 80.0 cm³/mol. The Hall–Kier alpha value is -1.66. The number of nitrogens with one attached hydrogen (secondary N) is 2. The van der Waals surface area contributed by atoms with Gasteiger partial charge in [0.25, 0.3) is 0 Å². The molecule has 1 aliphatic heterocycles. The van der Waals surface area contributed by atoms with E-state index in [0.717, 1.165) is 37.3 Å². The summed E-state index contributed by atoms with van der Waals surface area (Å²) in [6, 6.07) is 4.21. The molecule has 2 N–H and O–H groups in total. The van der Waals surface area contributed by atoms with E-state index in [1.54, 1.807) is 6.20 Å². The zero-order valence-electron chi connectivity index (χ0n) is 12.3. The SMILES string of the molecule is CNc1cc(CN2CCOCC2C(=O)NC2CC2)ccn1. The van der Waals surface area contributed by atoms with Gasteiger partial charge in [-0.1, -0.05) is 0 Å². The van der Waals surface area contributed by atoms with Crippen molar-refractivity contribution in [1.82, 2.24) is 15.2 Å². The van der Waals surface area contributed by atoms with Crippen LogP contribution in [0.3, 0.4) is 0 Å². The van der Waals surface area contributed by atoms with Crippen LogP contribution in [0.15, 0.2) is 18.3 Å².